The van der Waals surface area contributed by atoms with E-state index >= 15 is 0 Å². The second-order valence-electron chi connectivity index (χ2n) is 4.56. The molecule has 1 saturated heterocycles. The number of rotatable bonds is 2. The van der Waals surface area contributed by atoms with Gasteiger partial charge in [-0.1, -0.05) is 30.3 Å². The minimum atomic E-state index is -3.27. The Morgan fingerprint density at radius 2 is 1.88 bits per heavy atom. The standard InChI is InChI=1S/C13H16O3S/c1-10(14)13-12(8-5-9-17(13,15)16)11-6-3-2-4-7-11/h2-4,6-7,12-13H,5,8-9H2,1H3/t12-,13+/m0/s1. The van der Waals surface area contributed by atoms with Crippen molar-refractivity contribution < 1.29 is 13.2 Å². The van der Waals surface area contributed by atoms with Crippen LogP contribution in [0.15, 0.2) is 30.3 Å². The highest BCUT2D eigenvalue weighted by Gasteiger charge is 2.40. The third kappa shape index (κ3) is 2.41. The van der Waals surface area contributed by atoms with Crippen molar-refractivity contribution in [3.8, 4) is 0 Å². The molecule has 0 spiro atoms. The molecule has 0 aliphatic carbocycles. The molecule has 3 nitrogen and oxygen atoms in total. The third-order valence-electron chi connectivity index (χ3n) is 3.32. The second-order valence-corrected chi connectivity index (χ2v) is 6.80. The van der Waals surface area contributed by atoms with E-state index in [4.69, 9.17) is 0 Å². The van der Waals surface area contributed by atoms with E-state index in [0.29, 0.717) is 6.42 Å². The van der Waals surface area contributed by atoms with Crippen LogP contribution in [0.1, 0.15) is 31.2 Å². The van der Waals surface area contributed by atoms with Crippen LogP contribution < -0.4 is 0 Å². The average Bonchev–Trinajstić information content (AvgIpc) is 2.28. The Balaban J connectivity index is 2.42. The number of carbonyl (C=O) groups excluding carboxylic acids is 1. The summed E-state index contributed by atoms with van der Waals surface area (Å²) in [6.45, 7) is 1.38. The average molecular weight is 252 g/mol. The van der Waals surface area contributed by atoms with Gasteiger partial charge in [0.15, 0.2) is 9.84 Å². The molecular formula is C13H16O3S. The molecule has 1 fully saturated rings. The summed E-state index contributed by atoms with van der Waals surface area (Å²) in [4.78, 5) is 11.6. The van der Waals surface area contributed by atoms with Crippen molar-refractivity contribution >= 4 is 15.6 Å². The molecule has 2 rings (SSSR count). The lowest BCUT2D eigenvalue weighted by Gasteiger charge is -2.29. The normalized spacial score (nSPS) is 27.6. The number of hydrogen-bond donors (Lipinski definition) is 0. The lowest BCUT2D eigenvalue weighted by Crippen LogP contribution is -2.40. The van der Waals surface area contributed by atoms with Crippen LogP contribution in [0.4, 0.5) is 0 Å². The highest BCUT2D eigenvalue weighted by atomic mass is 32.2. The topological polar surface area (TPSA) is 51.2 Å². The number of carbonyl (C=O) groups is 1. The zero-order chi connectivity index (χ0) is 12.5. The smallest absolute Gasteiger partial charge is 0.160 e. The molecule has 1 aliphatic heterocycles. The Morgan fingerprint density at radius 1 is 1.24 bits per heavy atom. The molecule has 17 heavy (non-hydrogen) atoms. The zero-order valence-electron chi connectivity index (χ0n) is 9.80. The SMILES string of the molecule is CC(=O)[C@@H]1[C@H](c2ccccc2)CCCS1(=O)=O. The third-order valence-corrected chi connectivity index (χ3v) is 5.62. The summed E-state index contributed by atoms with van der Waals surface area (Å²) in [6, 6.07) is 9.47. The first-order chi connectivity index (χ1) is 8.02. The van der Waals surface area contributed by atoms with Crippen LogP contribution in [0.25, 0.3) is 0 Å². The monoisotopic (exact) mass is 252 g/mol. The van der Waals surface area contributed by atoms with Crippen LogP contribution in [0.2, 0.25) is 0 Å². The maximum Gasteiger partial charge on any atom is 0.160 e. The zero-order valence-corrected chi connectivity index (χ0v) is 10.6. The molecule has 1 heterocycles. The van der Waals surface area contributed by atoms with Gasteiger partial charge in [0.1, 0.15) is 11.0 Å². The highest BCUT2D eigenvalue weighted by molar-refractivity contribution is 7.92. The molecule has 0 bridgehead atoms. The van der Waals surface area contributed by atoms with E-state index in [-0.39, 0.29) is 17.5 Å². The molecule has 0 amide bonds. The Labute approximate surface area is 102 Å². The molecule has 92 valence electrons. The van der Waals surface area contributed by atoms with Crippen molar-refractivity contribution in [2.45, 2.75) is 30.9 Å². The lowest BCUT2D eigenvalue weighted by molar-refractivity contribution is -0.117. The molecule has 0 unspecified atom stereocenters. The summed E-state index contributed by atoms with van der Waals surface area (Å²) in [7, 11) is -3.27. The van der Waals surface area contributed by atoms with Gasteiger partial charge in [-0.2, -0.15) is 0 Å². The van der Waals surface area contributed by atoms with E-state index < -0.39 is 15.1 Å². The summed E-state index contributed by atoms with van der Waals surface area (Å²) in [6.07, 6.45) is 1.42. The molecule has 2 atom stereocenters. The number of hydrogen-bond acceptors (Lipinski definition) is 3. The number of benzene rings is 1. The lowest BCUT2D eigenvalue weighted by atomic mass is 9.89. The van der Waals surface area contributed by atoms with E-state index in [1.807, 2.05) is 30.3 Å². The van der Waals surface area contributed by atoms with Crippen LogP contribution in [0.5, 0.6) is 0 Å². The fraction of sp³-hybridized carbons (Fsp3) is 0.462. The fourth-order valence-corrected chi connectivity index (χ4v) is 4.73. The molecule has 1 aromatic rings. The predicted molar refractivity (Wildman–Crippen MR) is 66.7 cm³/mol. The maximum atomic E-state index is 12.0. The Hall–Kier alpha value is -1.16. The van der Waals surface area contributed by atoms with Gasteiger partial charge in [-0.25, -0.2) is 8.42 Å². The molecule has 0 N–H and O–H groups in total. The first kappa shape index (κ1) is 12.3. The molecule has 1 aliphatic rings. The summed E-state index contributed by atoms with van der Waals surface area (Å²) >= 11 is 0. The maximum absolute atomic E-state index is 12.0. The Kier molecular flexibility index (Phi) is 3.33. The van der Waals surface area contributed by atoms with Gasteiger partial charge < -0.3 is 0 Å². The summed E-state index contributed by atoms with van der Waals surface area (Å²) in [5.74, 6) is -0.272. The van der Waals surface area contributed by atoms with E-state index in [9.17, 15) is 13.2 Å². The molecule has 0 aromatic heterocycles. The van der Waals surface area contributed by atoms with E-state index in [1.54, 1.807) is 0 Å². The van der Waals surface area contributed by atoms with Crippen LogP contribution in [-0.2, 0) is 14.6 Å². The number of Topliss-reactive ketones (excluding diaryl/α,β-unsaturated/α-hetero) is 1. The summed E-state index contributed by atoms with van der Waals surface area (Å²) in [5.41, 5.74) is 0.955. The van der Waals surface area contributed by atoms with E-state index in [2.05, 4.69) is 0 Å². The van der Waals surface area contributed by atoms with E-state index in [0.717, 1.165) is 12.0 Å². The van der Waals surface area contributed by atoms with Crippen molar-refractivity contribution in [2.75, 3.05) is 5.75 Å². The van der Waals surface area contributed by atoms with Crippen molar-refractivity contribution in [1.82, 2.24) is 0 Å². The van der Waals surface area contributed by atoms with Crippen LogP contribution in [0, 0.1) is 0 Å². The van der Waals surface area contributed by atoms with Crippen molar-refractivity contribution in [3.63, 3.8) is 0 Å². The first-order valence-corrected chi connectivity index (χ1v) is 7.51. The molecule has 0 saturated carbocycles. The van der Waals surface area contributed by atoms with Gasteiger partial charge in [0.05, 0.1) is 5.75 Å². The quantitative estimate of drug-likeness (QED) is 0.808. The van der Waals surface area contributed by atoms with Gasteiger partial charge in [0.25, 0.3) is 0 Å². The molecule has 0 radical (unpaired) electrons. The molecule has 1 aromatic carbocycles. The van der Waals surface area contributed by atoms with Crippen molar-refractivity contribution in [1.29, 1.82) is 0 Å². The van der Waals surface area contributed by atoms with Gasteiger partial charge >= 0.3 is 0 Å². The van der Waals surface area contributed by atoms with Gasteiger partial charge in [0, 0.05) is 5.92 Å². The minimum absolute atomic E-state index is 0.139. The molecule has 4 heteroatoms. The van der Waals surface area contributed by atoms with Gasteiger partial charge in [-0.15, -0.1) is 0 Å². The predicted octanol–water partition coefficient (Wildman–Crippen LogP) is 1.94. The minimum Gasteiger partial charge on any atom is -0.299 e. The Bertz CT molecular complexity index is 505. The van der Waals surface area contributed by atoms with Crippen LogP contribution >= 0.6 is 0 Å². The number of sulfone groups is 1. The van der Waals surface area contributed by atoms with Gasteiger partial charge in [0.2, 0.25) is 0 Å². The molecular weight excluding hydrogens is 236 g/mol. The van der Waals surface area contributed by atoms with E-state index in [1.165, 1.54) is 6.92 Å². The van der Waals surface area contributed by atoms with Crippen molar-refractivity contribution in [2.24, 2.45) is 0 Å². The van der Waals surface area contributed by atoms with Gasteiger partial charge in [-0.3, -0.25) is 4.79 Å². The first-order valence-electron chi connectivity index (χ1n) is 5.79. The second kappa shape index (κ2) is 4.61. The highest BCUT2D eigenvalue weighted by Crippen LogP contribution is 2.34. The summed E-state index contributed by atoms with van der Waals surface area (Å²) in [5, 5.41) is -0.848. The van der Waals surface area contributed by atoms with Gasteiger partial charge in [-0.05, 0) is 25.3 Å². The Morgan fingerprint density at radius 3 is 2.47 bits per heavy atom. The summed E-state index contributed by atoms with van der Waals surface area (Å²) < 4.78 is 24.0. The fourth-order valence-electron chi connectivity index (χ4n) is 2.61. The van der Waals surface area contributed by atoms with Crippen LogP contribution in [-0.4, -0.2) is 25.2 Å². The largest absolute Gasteiger partial charge is 0.299 e. The number of ketones is 1. The van der Waals surface area contributed by atoms with Crippen molar-refractivity contribution in [3.05, 3.63) is 35.9 Å². The van der Waals surface area contributed by atoms with Crippen LogP contribution in [0.3, 0.4) is 0 Å².